The highest BCUT2D eigenvalue weighted by atomic mass is 16.5. The largest absolute Gasteiger partial charge is 0.486 e. The first kappa shape index (κ1) is 30.7. The molecule has 1 aromatic carbocycles. The standard InChI is InChI=1S/C31H40N8O6/c1-20-28(45-19-33-20)18-44-26-4-3-23-14-37(6-5-22(23)11-26)15-25(41)13-32-30(42)27-12-29(34-24-16-43-17-24)36-31(35-27)39-9-7-38(8-10-39)21(2)40/h3-4,11-12,19,24-25,41H,5-10,13-18H2,1-2H3,(H,32,42)(H,34,35,36)/t25-/m0/s1. The van der Waals surface area contributed by atoms with Gasteiger partial charge in [-0.25, -0.2) is 9.97 Å². The van der Waals surface area contributed by atoms with Gasteiger partial charge in [0.2, 0.25) is 11.9 Å². The number of carbonyl (C=O) groups is 2. The molecule has 14 heteroatoms. The molecular weight excluding hydrogens is 580 g/mol. The highest BCUT2D eigenvalue weighted by Gasteiger charge is 2.25. The van der Waals surface area contributed by atoms with Crippen LogP contribution in [-0.2, 0) is 29.1 Å². The number of benzene rings is 1. The number of hydrogen-bond acceptors (Lipinski definition) is 12. The summed E-state index contributed by atoms with van der Waals surface area (Å²) in [6, 6.07) is 7.83. The fraction of sp³-hybridized carbons (Fsp3) is 0.516. The minimum Gasteiger partial charge on any atom is -0.486 e. The average Bonchev–Trinajstić information content (AvgIpc) is 3.44. The van der Waals surface area contributed by atoms with Crippen LogP contribution in [0.1, 0.15) is 40.0 Å². The van der Waals surface area contributed by atoms with Gasteiger partial charge in [0.1, 0.15) is 23.9 Å². The Labute approximate surface area is 261 Å². The second-order valence-corrected chi connectivity index (χ2v) is 11.7. The fourth-order valence-electron chi connectivity index (χ4n) is 5.63. The summed E-state index contributed by atoms with van der Waals surface area (Å²) in [4.78, 5) is 44.2. The molecule has 14 nitrogen and oxygen atoms in total. The van der Waals surface area contributed by atoms with Gasteiger partial charge in [-0.1, -0.05) is 6.07 Å². The van der Waals surface area contributed by atoms with E-state index in [0.29, 0.717) is 76.6 Å². The number of rotatable bonds is 11. The second-order valence-electron chi connectivity index (χ2n) is 11.7. The van der Waals surface area contributed by atoms with E-state index in [9.17, 15) is 14.7 Å². The first-order chi connectivity index (χ1) is 21.8. The lowest BCUT2D eigenvalue weighted by Crippen LogP contribution is -2.49. The molecule has 240 valence electrons. The van der Waals surface area contributed by atoms with Gasteiger partial charge in [0, 0.05) is 65.3 Å². The Hall–Kier alpha value is -4.27. The van der Waals surface area contributed by atoms with E-state index in [0.717, 1.165) is 24.4 Å². The Morgan fingerprint density at radius 1 is 1.11 bits per heavy atom. The van der Waals surface area contributed by atoms with Gasteiger partial charge >= 0.3 is 0 Å². The number of piperazine rings is 1. The molecule has 0 saturated carbocycles. The average molecular weight is 621 g/mol. The summed E-state index contributed by atoms with van der Waals surface area (Å²) in [7, 11) is 0. The third-order valence-corrected chi connectivity index (χ3v) is 8.40. The summed E-state index contributed by atoms with van der Waals surface area (Å²) < 4.78 is 16.5. The Morgan fingerprint density at radius 2 is 1.93 bits per heavy atom. The van der Waals surface area contributed by atoms with Gasteiger partial charge in [-0.05, 0) is 36.6 Å². The fourth-order valence-corrected chi connectivity index (χ4v) is 5.63. The van der Waals surface area contributed by atoms with Crippen LogP contribution in [0.4, 0.5) is 11.8 Å². The van der Waals surface area contributed by atoms with Crippen LogP contribution in [0.3, 0.4) is 0 Å². The molecule has 3 N–H and O–H groups in total. The molecule has 2 saturated heterocycles. The van der Waals surface area contributed by atoms with Crippen molar-refractivity contribution in [1.82, 2.24) is 30.1 Å². The van der Waals surface area contributed by atoms with Crippen LogP contribution in [0.5, 0.6) is 5.75 Å². The number of aromatic nitrogens is 3. The number of aryl methyl sites for hydroxylation is 1. The maximum absolute atomic E-state index is 13.2. The number of hydrogen-bond donors (Lipinski definition) is 3. The zero-order valence-corrected chi connectivity index (χ0v) is 25.7. The van der Waals surface area contributed by atoms with Crippen LogP contribution in [-0.4, -0.2) is 113 Å². The Bertz CT molecular complexity index is 1500. The topological polar surface area (TPSA) is 158 Å². The van der Waals surface area contributed by atoms with Crippen molar-refractivity contribution in [3.8, 4) is 5.75 Å². The number of aliphatic hydroxyl groups excluding tert-OH is 1. The maximum Gasteiger partial charge on any atom is 0.270 e. The highest BCUT2D eigenvalue weighted by Crippen LogP contribution is 2.25. The number of carbonyl (C=O) groups excluding carboxylic acids is 2. The molecule has 3 aliphatic heterocycles. The number of aliphatic hydroxyl groups is 1. The molecule has 0 aliphatic carbocycles. The van der Waals surface area contributed by atoms with Crippen molar-refractivity contribution in [3.05, 3.63) is 58.9 Å². The lowest BCUT2D eigenvalue weighted by Gasteiger charge is -2.34. The number of fused-ring (bicyclic) bond motifs is 1. The van der Waals surface area contributed by atoms with Crippen LogP contribution >= 0.6 is 0 Å². The van der Waals surface area contributed by atoms with E-state index in [1.54, 1.807) is 17.9 Å². The van der Waals surface area contributed by atoms with Crippen molar-refractivity contribution in [3.63, 3.8) is 0 Å². The summed E-state index contributed by atoms with van der Waals surface area (Å²) in [6.07, 6.45) is 1.50. The van der Waals surface area contributed by atoms with Crippen LogP contribution in [0.2, 0.25) is 0 Å². The van der Waals surface area contributed by atoms with Crippen LogP contribution < -0.4 is 20.3 Å². The van der Waals surface area contributed by atoms with E-state index in [1.165, 1.54) is 17.5 Å². The van der Waals surface area contributed by atoms with Crippen molar-refractivity contribution < 1.29 is 28.6 Å². The van der Waals surface area contributed by atoms with E-state index >= 15 is 0 Å². The molecule has 2 amide bonds. The number of β-amino-alcohol motifs (C(OH)–C–C–N with tert-alkyl or cyclic N) is 1. The highest BCUT2D eigenvalue weighted by molar-refractivity contribution is 5.93. The third-order valence-electron chi connectivity index (χ3n) is 8.40. The summed E-state index contributed by atoms with van der Waals surface area (Å²) in [5.74, 6) is 2.13. The number of oxazole rings is 1. The summed E-state index contributed by atoms with van der Waals surface area (Å²) in [6.45, 7) is 9.21. The van der Waals surface area contributed by atoms with Gasteiger partial charge in [0.05, 0.1) is 31.1 Å². The summed E-state index contributed by atoms with van der Waals surface area (Å²) in [5.41, 5.74) is 3.45. The molecule has 5 heterocycles. The van der Waals surface area contributed by atoms with E-state index in [-0.39, 0.29) is 30.1 Å². The van der Waals surface area contributed by atoms with Crippen molar-refractivity contribution >= 4 is 23.6 Å². The smallest absolute Gasteiger partial charge is 0.270 e. The zero-order chi connectivity index (χ0) is 31.3. The Kier molecular flexibility index (Phi) is 9.42. The normalized spacial score (nSPS) is 17.8. The van der Waals surface area contributed by atoms with E-state index in [1.807, 2.05) is 17.9 Å². The summed E-state index contributed by atoms with van der Waals surface area (Å²) in [5, 5.41) is 17.0. The van der Waals surface area contributed by atoms with Crippen LogP contribution in [0.15, 0.2) is 35.1 Å². The molecule has 1 atom stereocenters. The molecule has 2 aromatic heterocycles. The lowest BCUT2D eigenvalue weighted by molar-refractivity contribution is -0.129. The minimum atomic E-state index is -0.756. The van der Waals surface area contributed by atoms with Crippen molar-refractivity contribution in [1.29, 1.82) is 0 Å². The second kappa shape index (κ2) is 13.8. The molecule has 0 radical (unpaired) electrons. The molecular formula is C31H40N8O6. The third kappa shape index (κ3) is 7.70. The minimum absolute atomic E-state index is 0.0392. The molecule has 3 aliphatic rings. The lowest BCUT2D eigenvalue weighted by atomic mass is 9.99. The first-order valence-electron chi connectivity index (χ1n) is 15.4. The molecule has 6 rings (SSSR count). The van der Waals surface area contributed by atoms with Crippen LogP contribution in [0.25, 0.3) is 0 Å². The predicted molar refractivity (Wildman–Crippen MR) is 164 cm³/mol. The molecule has 45 heavy (non-hydrogen) atoms. The van der Waals surface area contributed by atoms with Gasteiger partial charge in [-0.2, -0.15) is 4.98 Å². The number of ether oxygens (including phenoxy) is 2. The molecule has 3 aromatic rings. The maximum atomic E-state index is 13.2. The van der Waals surface area contributed by atoms with E-state index in [4.69, 9.17) is 13.9 Å². The number of anilines is 2. The van der Waals surface area contributed by atoms with Crippen molar-refractivity contribution in [2.24, 2.45) is 0 Å². The number of amides is 2. The van der Waals surface area contributed by atoms with E-state index in [2.05, 4.69) is 42.6 Å². The van der Waals surface area contributed by atoms with Crippen LogP contribution in [0, 0.1) is 6.92 Å². The van der Waals surface area contributed by atoms with Gasteiger partial charge in [-0.15, -0.1) is 0 Å². The summed E-state index contributed by atoms with van der Waals surface area (Å²) >= 11 is 0. The quantitative estimate of drug-likeness (QED) is 0.280. The zero-order valence-electron chi connectivity index (χ0n) is 25.7. The van der Waals surface area contributed by atoms with Gasteiger partial charge in [-0.3, -0.25) is 14.5 Å². The molecule has 0 spiro atoms. The monoisotopic (exact) mass is 620 g/mol. The van der Waals surface area contributed by atoms with Crippen molar-refractivity contribution in [2.45, 2.75) is 45.6 Å². The Balaban J connectivity index is 1.02. The number of nitrogens with one attached hydrogen (secondary N) is 2. The van der Waals surface area contributed by atoms with Gasteiger partial charge < -0.3 is 39.4 Å². The van der Waals surface area contributed by atoms with E-state index < -0.39 is 6.10 Å². The predicted octanol–water partition coefficient (Wildman–Crippen LogP) is 0.980. The SMILES string of the molecule is CC(=O)N1CCN(c2nc(NC3COC3)cc(C(=O)NC[C@H](O)CN3CCc4cc(OCc5ocnc5C)ccc4C3)n2)CC1. The van der Waals surface area contributed by atoms with Gasteiger partial charge in [0.15, 0.2) is 12.2 Å². The van der Waals surface area contributed by atoms with Gasteiger partial charge in [0.25, 0.3) is 5.91 Å². The molecule has 0 bridgehead atoms. The molecule has 2 fully saturated rings. The first-order valence-corrected chi connectivity index (χ1v) is 15.4. The molecule has 0 unspecified atom stereocenters. The Morgan fingerprint density at radius 3 is 2.64 bits per heavy atom. The van der Waals surface area contributed by atoms with Crippen molar-refractivity contribution in [2.75, 3.05) is 69.2 Å². The number of nitrogens with zero attached hydrogens (tertiary/aromatic N) is 6.